The molecule has 6 aromatic rings. The molecule has 0 unspecified atom stereocenters. The highest BCUT2D eigenvalue weighted by molar-refractivity contribution is 8.01. The maximum absolute atomic E-state index is 12.0. The molecule has 54 heavy (non-hydrogen) atoms. The van der Waals surface area contributed by atoms with Crippen molar-refractivity contribution in [2.24, 2.45) is 5.73 Å². The lowest BCUT2D eigenvalue weighted by Crippen LogP contribution is -2.36. The number of ether oxygens (including phenoxy) is 1. The fourth-order valence-electron chi connectivity index (χ4n) is 6.53. The lowest BCUT2D eigenvalue weighted by Gasteiger charge is -2.36. The minimum atomic E-state index is -0.986. The Morgan fingerprint density at radius 2 is 0.870 bits per heavy atom. The zero-order valence-corrected chi connectivity index (χ0v) is 31.0. The van der Waals surface area contributed by atoms with E-state index in [1.807, 2.05) is 109 Å². The Balaban J connectivity index is 0.000000185. The molecule has 1 aliphatic rings. The lowest BCUT2D eigenvalue weighted by molar-refractivity contribution is -0.138. The fourth-order valence-corrected chi connectivity index (χ4v) is 9.56. The molecule has 7 rings (SSSR count). The maximum Gasteiger partial charge on any atom is 0.415 e. The zero-order chi connectivity index (χ0) is 37.8. The van der Waals surface area contributed by atoms with Gasteiger partial charge in [0, 0.05) is 11.5 Å². The van der Waals surface area contributed by atoms with Crippen LogP contribution < -0.4 is 11.1 Å². The zero-order valence-electron chi connectivity index (χ0n) is 29.4. The van der Waals surface area contributed by atoms with Gasteiger partial charge in [0.2, 0.25) is 0 Å². The SMILES string of the molecule is N[C@@H](CSC(c1ccccc1)(c1ccccc1)c1ccccc1)C(=O)O.O=C1N[C@@H](CSC(c2ccccc2)(c2ccccc2)c2ccccc2)C(=O)O1. The first-order chi connectivity index (χ1) is 26.3. The van der Waals surface area contributed by atoms with Crippen molar-refractivity contribution in [3.05, 3.63) is 215 Å². The highest BCUT2D eigenvalue weighted by Crippen LogP contribution is 2.50. The van der Waals surface area contributed by atoms with Crippen LogP contribution in [0.4, 0.5) is 4.79 Å². The molecule has 0 aromatic heterocycles. The van der Waals surface area contributed by atoms with E-state index in [-0.39, 0.29) is 0 Å². The van der Waals surface area contributed by atoms with E-state index < -0.39 is 39.6 Å². The Morgan fingerprint density at radius 3 is 1.13 bits per heavy atom. The third-order valence-corrected chi connectivity index (χ3v) is 12.4. The number of carboxylic acids is 1. The van der Waals surface area contributed by atoms with Crippen LogP contribution in [-0.2, 0) is 23.8 Å². The summed E-state index contributed by atoms with van der Waals surface area (Å²) in [6.07, 6.45) is -0.680. The number of cyclic esters (lactones) is 2. The second-order valence-electron chi connectivity index (χ2n) is 12.5. The smallest absolute Gasteiger partial charge is 0.415 e. The van der Waals surface area contributed by atoms with Gasteiger partial charge < -0.3 is 20.9 Å². The number of hydrogen-bond donors (Lipinski definition) is 3. The van der Waals surface area contributed by atoms with E-state index in [1.165, 1.54) is 0 Å². The highest BCUT2D eigenvalue weighted by Gasteiger charge is 2.41. The molecule has 0 aliphatic carbocycles. The molecule has 1 aliphatic heterocycles. The van der Waals surface area contributed by atoms with Gasteiger partial charge in [-0.2, -0.15) is 0 Å². The van der Waals surface area contributed by atoms with Gasteiger partial charge in [-0.3, -0.25) is 4.79 Å². The Bertz CT molecular complexity index is 1910. The van der Waals surface area contributed by atoms with E-state index in [0.717, 1.165) is 33.4 Å². The molecule has 1 saturated heterocycles. The average Bonchev–Trinajstić information content (AvgIpc) is 3.56. The Morgan fingerprint density at radius 1 is 0.574 bits per heavy atom. The molecule has 0 radical (unpaired) electrons. The number of amides is 1. The number of nitrogens with two attached hydrogens (primary N) is 1. The van der Waals surface area contributed by atoms with Gasteiger partial charge in [0.15, 0.2) is 0 Å². The Labute approximate surface area is 324 Å². The number of rotatable bonds is 13. The summed E-state index contributed by atoms with van der Waals surface area (Å²) in [4.78, 5) is 34.7. The average molecular weight is 753 g/mol. The van der Waals surface area contributed by atoms with E-state index >= 15 is 0 Å². The number of carbonyl (C=O) groups excluding carboxylic acids is 2. The van der Waals surface area contributed by atoms with Crippen LogP contribution >= 0.6 is 23.5 Å². The molecule has 7 nitrogen and oxygen atoms in total. The summed E-state index contributed by atoms with van der Waals surface area (Å²) in [5.74, 6) is -0.821. The number of hydrogen-bond acceptors (Lipinski definition) is 7. The Kier molecular flexibility index (Phi) is 12.7. The van der Waals surface area contributed by atoms with E-state index in [4.69, 9.17) is 5.73 Å². The van der Waals surface area contributed by atoms with Gasteiger partial charge in [0.25, 0.3) is 0 Å². The van der Waals surface area contributed by atoms with Gasteiger partial charge in [0.1, 0.15) is 12.1 Å². The van der Waals surface area contributed by atoms with Gasteiger partial charge >= 0.3 is 18.0 Å². The molecule has 272 valence electrons. The van der Waals surface area contributed by atoms with Crippen molar-refractivity contribution < 1.29 is 24.2 Å². The first-order valence-electron chi connectivity index (χ1n) is 17.5. The normalized spacial score (nSPS) is 14.6. The van der Waals surface area contributed by atoms with Gasteiger partial charge in [-0.05, 0) is 33.4 Å². The summed E-state index contributed by atoms with van der Waals surface area (Å²) in [5.41, 5.74) is 12.4. The van der Waals surface area contributed by atoms with Crippen LogP contribution in [0.1, 0.15) is 33.4 Å². The van der Waals surface area contributed by atoms with Gasteiger partial charge in [0.05, 0.1) is 9.49 Å². The van der Waals surface area contributed by atoms with Gasteiger partial charge in [-0.1, -0.05) is 182 Å². The number of nitrogens with one attached hydrogen (secondary N) is 1. The van der Waals surface area contributed by atoms with E-state index in [0.29, 0.717) is 11.5 Å². The predicted octanol–water partition coefficient (Wildman–Crippen LogP) is 8.47. The molecule has 6 aromatic carbocycles. The summed E-state index contributed by atoms with van der Waals surface area (Å²) >= 11 is 3.17. The molecule has 4 N–H and O–H groups in total. The number of esters is 1. The van der Waals surface area contributed by atoms with Gasteiger partial charge in [-0.15, -0.1) is 23.5 Å². The summed E-state index contributed by atoms with van der Waals surface area (Å²) in [6, 6.07) is 59.6. The number of thioether (sulfide) groups is 2. The van der Waals surface area contributed by atoms with Crippen molar-refractivity contribution in [2.45, 2.75) is 21.6 Å². The molecule has 1 heterocycles. The van der Waals surface area contributed by atoms with Crippen LogP contribution in [-0.4, -0.2) is 46.7 Å². The summed E-state index contributed by atoms with van der Waals surface area (Å²) in [6.45, 7) is 0. The van der Waals surface area contributed by atoms with Crippen LogP contribution in [0.2, 0.25) is 0 Å². The van der Waals surface area contributed by atoms with Crippen LogP contribution in [0.3, 0.4) is 0 Å². The van der Waals surface area contributed by atoms with E-state index in [9.17, 15) is 19.5 Å². The molecule has 1 amide bonds. The molecule has 0 bridgehead atoms. The number of carboxylic acid groups (broad SMARTS) is 1. The van der Waals surface area contributed by atoms with Crippen LogP contribution in [0.25, 0.3) is 0 Å². The third-order valence-electron chi connectivity index (χ3n) is 9.11. The number of carbonyl (C=O) groups is 3. The fraction of sp³-hybridized carbons (Fsp3) is 0.133. The number of aliphatic carboxylic acids is 1. The molecule has 0 spiro atoms. The van der Waals surface area contributed by atoms with Crippen molar-refractivity contribution >= 4 is 41.6 Å². The number of benzene rings is 6. The monoisotopic (exact) mass is 752 g/mol. The lowest BCUT2D eigenvalue weighted by atomic mass is 9.84. The summed E-state index contributed by atoms with van der Waals surface area (Å²) in [5, 5.41) is 11.9. The quantitative estimate of drug-likeness (QED) is 0.0611. The summed E-state index contributed by atoms with van der Waals surface area (Å²) in [7, 11) is 0. The molecule has 0 saturated carbocycles. The molecule has 1 fully saturated rings. The predicted molar refractivity (Wildman–Crippen MR) is 217 cm³/mol. The largest absolute Gasteiger partial charge is 0.480 e. The third kappa shape index (κ3) is 8.44. The molecular formula is C45H40N2O5S2. The van der Waals surface area contributed by atoms with Crippen molar-refractivity contribution in [1.82, 2.24) is 5.32 Å². The molecule has 2 atom stereocenters. The topological polar surface area (TPSA) is 119 Å². The Hall–Kier alpha value is -5.61. The number of alkyl carbamates (subject to hydrolysis) is 1. The van der Waals surface area contributed by atoms with E-state index in [2.05, 4.69) is 82.9 Å². The summed E-state index contributed by atoms with van der Waals surface area (Å²) < 4.78 is 3.59. The maximum atomic E-state index is 12.0. The molecule has 9 heteroatoms. The highest BCUT2D eigenvalue weighted by atomic mass is 32.2. The first-order valence-corrected chi connectivity index (χ1v) is 19.4. The van der Waals surface area contributed by atoms with Crippen molar-refractivity contribution in [1.29, 1.82) is 0 Å². The first kappa shape index (κ1) is 38.1. The van der Waals surface area contributed by atoms with Crippen molar-refractivity contribution in [3.63, 3.8) is 0 Å². The standard InChI is InChI=1S/C23H19NO3S.C22H21NO2S/c25-21-20(24-22(26)27-21)16-28-23(17-10-4-1-5-11-17,18-12-6-2-7-13-18)19-14-8-3-9-15-19;23-20(21(24)25)16-26-22(17-10-4-1-5-11-17,18-12-6-2-7-13-18)19-14-8-3-9-15-19/h1-15,20H,16H2,(H,24,26);1-15,20H,16,23H2,(H,24,25)/t2*20-/m00/s1. The van der Waals surface area contributed by atoms with Crippen LogP contribution in [0.15, 0.2) is 182 Å². The van der Waals surface area contributed by atoms with Gasteiger partial charge in [-0.25, -0.2) is 9.59 Å². The van der Waals surface area contributed by atoms with Crippen LogP contribution in [0, 0.1) is 0 Å². The minimum absolute atomic E-state index is 0.300. The second kappa shape index (κ2) is 17.9. The van der Waals surface area contributed by atoms with Crippen molar-refractivity contribution in [2.75, 3.05) is 11.5 Å². The minimum Gasteiger partial charge on any atom is -0.480 e. The second-order valence-corrected chi connectivity index (χ2v) is 15.0. The van der Waals surface area contributed by atoms with E-state index in [1.54, 1.807) is 23.5 Å². The molecular weight excluding hydrogens is 713 g/mol. The van der Waals surface area contributed by atoms with Crippen LogP contribution in [0.5, 0.6) is 0 Å². The van der Waals surface area contributed by atoms with Crippen molar-refractivity contribution in [3.8, 4) is 0 Å².